The fourth-order valence-corrected chi connectivity index (χ4v) is 6.05. The van der Waals surface area contributed by atoms with E-state index in [2.05, 4.69) is 22.1 Å². The zero-order valence-electron chi connectivity index (χ0n) is 32.4. The van der Waals surface area contributed by atoms with Crippen LogP contribution in [-0.2, 0) is 26.5 Å². The van der Waals surface area contributed by atoms with Gasteiger partial charge in [-0.1, -0.05) is 111 Å². The third-order valence-electron chi connectivity index (χ3n) is 8.53. The molecule has 0 N–H and O–H groups in total. The minimum Gasteiger partial charge on any atom is -0.501 e. The third kappa shape index (κ3) is 8.45. The van der Waals surface area contributed by atoms with Gasteiger partial charge in [-0.3, -0.25) is 0 Å². The molecule has 8 rings (SSSR count). The molecule has 52 heavy (non-hydrogen) atoms. The molecule has 261 valence electrons. The number of halogens is 1. The summed E-state index contributed by atoms with van der Waals surface area (Å²) in [4.78, 5) is 8.91. The first kappa shape index (κ1) is 32.7. The first-order chi connectivity index (χ1) is 25.8. The molecule has 0 fully saturated rings. The summed E-state index contributed by atoms with van der Waals surface area (Å²) in [6.45, 7) is 7.57. The molecule has 1 atom stereocenters. The molecule has 3 aromatic heterocycles. The van der Waals surface area contributed by atoms with Gasteiger partial charge in [-0.2, -0.15) is 0 Å². The Labute approximate surface area is 323 Å². The SMILES string of the molecule is [2H]C(C)(c1ccccc1)c1ccnc(-c2[c-]cccc2)c1.[2H]C([2H])(c1ccnc(-c2[c-]ccc3c2oc2cc(-c4ccc(F)cc4)ccc23)c1)C(C)(C)C.[Ir]. The van der Waals surface area contributed by atoms with Crippen molar-refractivity contribution in [1.82, 2.24) is 9.97 Å². The first-order valence-corrected chi connectivity index (χ1v) is 16.9. The zero-order chi connectivity index (χ0) is 38.1. The summed E-state index contributed by atoms with van der Waals surface area (Å²) in [5.41, 5.74) is 8.22. The van der Waals surface area contributed by atoms with Crippen LogP contribution in [0.3, 0.4) is 0 Å². The average molecular weight is 862 g/mol. The van der Waals surface area contributed by atoms with Crippen molar-refractivity contribution < 1.29 is 33.0 Å². The molecular formula is C47H39FIrN2O-2. The molecule has 8 aromatic rings. The van der Waals surface area contributed by atoms with E-state index in [1.165, 1.54) is 12.1 Å². The Hall–Kier alpha value is -5.22. The second-order valence-electron chi connectivity index (χ2n) is 13.4. The van der Waals surface area contributed by atoms with E-state index in [4.69, 9.17) is 8.53 Å². The number of hydrogen-bond acceptors (Lipinski definition) is 3. The Morgan fingerprint density at radius 3 is 2.21 bits per heavy atom. The number of furan rings is 1. The topological polar surface area (TPSA) is 38.9 Å². The van der Waals surface area contributed by atoms with Crippen LogP contribution in [0.25, 0.3) is 55.6 Å². The minimum atomic E-state index is -1.53. The van der Waals surface area contributed by atoms with Crippen LogP contribution in [0.1, 0.15) is 54.4 Å². The number of fused-ring (bicyclic) bond motifs is 3. The van der Waals surface area contributed by atoms with Gasteiger partial charge in [-0.05, 0) is 75.8 Å². The summed E-state index contributed by atoms with van der Waals surface area (Å²) in [6.07, 6.45) is 1.87. The molecule has 3 nitrogen and oxygen atoms in total. The van der Waals surface area contributed by atoms with Gasteiger partial charge in [0.1, 0.15) is 11.4 Å². The molecule has 0 saturated carbocycles. The molecule has 5 aromatic carbocycles. The van der Waals surface area contributed by atoms with Gasteiger partial charge in [0.05, 0.1) is 5.58 Å². The Balaban J connectivity index is 0.000000202. The number of nitrogens with zero attached hydrogens (tertiary/aromatic N) is 2. The van der Waals surface area contributed by atoms with Gasteiger partial charge in [0, 0.05) is 47.9 Å². The second kappa shape index (κ2) is 16.0. The largest absolute Gasteiger partial charge is 0.501 e. The summed E-state index contributed by atoms with van der Waals surface area (Å²) in [5, 5.41) is 1.91. The van der Waals surface area contributed by atoms with Gasteiger partial charge >= 0.3 is 0 Å². The third-order valence-corrected chi connectivity index (χ3v) is 8.53. The molecule has 1 unspecified atom stereocenters. The smallest absolute Gasteiger partial charge is 0.123 e. The molecule has 1 radical (unpaired) electrons. The van der Waals surface area contributed by atoms with Gasteiger partial charge in [0.15, 0.2) is 0 Å². The Bertz CT molecular complexity index is 2550. The van der Waals surface area contributed by atoms with Crippen LogP contribution in [0.15, 0.2) is 150 Å². The molecule has 0 amide bonds. The maximum atomic E-state index is 13.3. The number of pyridine rings is 2. The van der Waals surface area contributed by atoms with Crippen molar-refractivity contribution >= 4 is 21.9 Å². The van der Waals surface area contributed by atoms with Gasteiger partial charge in [0.25, 0.3) is 0 Å². The Morgan fingerprint density at radius 2 is 1.46 bits per heavy atom. The van der Waals surface area contributed by atoms with E-state index >= 15 is 0 Å². The standard InChI is InChI=1S/C28H23FNO.C19H16N.Ir/c1-28(2,3)17-18-13-14-30-25(15-18)24-6-4-5-23-22-12-9-20(16-26(22)31-27(23)24)19-7-10-21(29)11-8-19;1-15(16-8-4-2-5-9-16)18-12-13-20-19(14-18)17-10-6-3-7-11-17;/h4-5,7-16H,17H2,1-3H3;2-10,12-15H,1H3;/q2*-1;/i17D2;15D;. The van der Waals surface area contributed by atoms with Crippen molar-refractivity contribution in [3.05, 3.63) is 180 Å². The summed E-state index contributed by atoms with van der Waals surface area (Å²) in [6, 6.07) is 47.6. The summed E-state index contributed by atoms with van der Waals surface area (Å²) in [7, 11) is 0. The average Bonchev–Trinajstić information content (AvgIpc) is 3.57. The van der Waals surface area contributed by atoms with Crippen LogP contribution >= 0.6 is 0 Å². The van der Waals surface area contributed by atoms with E-state index in [0.717, 1.165) is 44.3 Å². The van der Waals surface area contributed by atoms with Crippen LogP contribution < -0.4 is 0 Å². The van der Waals surface area contributed by atoms with E-state index < -0.39 is 17.7 Å². The van der Waals surface area contributed by atoms with E-state index in [1.807, 2.05) is 125 Å². The van der Waals surface area contributed by atoms with Crippen molar-refractivity contribution in [3.8, 4) is 33.6 Å². The van der Waals surface area contributed by atoms with Gasteiger partial charge in [0.2, 0.25) is 0 Å². The van der Waals surface area contributed by atoms with Crippen LogP contribution in [0.5, 0.6) is 0 Å². The number of rotatable bonds is 6. The molecule has 0 bridgehead atoms. The van der Waals surface area contributed by atoms with Crippen LogP contribution in [-0.4, -0.2) is 9.97 Å². The van der Waals surface area contributed by atoms with Gasteiger partial charge < -0.3 is 14.4 Å². The summed E-state index contributed by atoms with van der Waals surface area (Å²) < 4.78 is 45.6. The van der Waals surface area contributed by atoms with Crippen molar-refractivity contribution in [2.45, 2.75) is 40.0 Å². The van der Waals surface area contributed by atoms with E-state index in [1.54, 1.807) is 36.7 Å². The molecule has 3 heterocycles. The summed E-state index contributed by atoms with van der Waals surface area (Å²) >= 11 is 0. The number of aromatic nitrogens is 2. The normalized spacial score (nSPS) is 13.5. The first-order valence-electron chi connectivity index (χ1n) is 18.4. The van der Waals surface area contributed by atoms with E-state index in [0.29, 0.717) is 28.0 Å². The summed E-state index contributed by atoms with van der Waals surface area (Å²) in [5.74, 6) is -1.07. The van der Waals surface area contributed by atoms with Crippen molar-refractivity contribution in [1.29, 1.82) is 0 Å². The monoisotopic (exact) mass is 862 g/mol. The maximum Gasteiger partial charge on any atom is 0.123 e. The second-order valence-corrected chi connectivity index (χ2v) is 13.4. The molecule has 0 saturated heterocycles. The predicted molar refractivity (Wildman–Crippen MR) is 207 cm³/mol. The van der Waals surface area contributed by atoms with Crippen LogP contribution in [0, 0.1) is 23.4 Å². The van der Waals surface area contributed by atoms with Crippen LogP contribution in [0.2, 0.25) is 0 Å². The van der Waals surface area contributed by atoms with Crippen molar-refractivity contribution in [2.24, 2.45) is 5.41 Å². The zero-order valence-corrected chi connectivity index (χ0v) is 31.8. The maximum absolute atomic E-state index is 13.3. The van der Waals surface area contributed by atoms with Crippen LogP contribution in [0.4, 0.5) is 4.39 Å². The van der Waals surface area contributed by atoms with Crippen molar-refractivity contribution in [2.75, 3.05) is 0 Å². The number of hydrogen-bond donors (Lipinski definition) is 0. The quantitative estimate of drug-likeness (QED) is 0.156. The molecule has 5 heteroatoms. The fraction of sp³-hybridized carbons (Fsp3) is 0.149. The molecular weight excluding hydrogens is 820 g/mol. The van der Waals surface area contributed by atoms with Gasteiger partial charge in [-0.25, -0.2) is 4.39 Å². The minimum absolute atomic E-state index is 0. The van der Waals surface area contributed by atoms with Gasteiger partial charge in [-0.15, -0.1) is 54.1 Å². The Morgan fingerprint density at radius 1 is 0.731 bits per heavy atom. The number of benzene rings is 5. The molecule has 0 spiro atoms. The predicted octanol–water partition coefficient (Wildman–Crippen LogP) is 12.5. The van der Waals surface area contributed by atoms with E-state index in [9.17, 15) is 4.39 Å². The Kier molecular flexibility index (Phi) is 10.0. The molecule has 0 aliphatic carbocycles. The fourth-order valence-electron chi connectivity index (χ4n) is 6.05. The van der Waals surface area contributed by atoms with E-state index in [-0.39, 0.29) is 25.9 Å². The molecule has 0 aliphatic heterocycles. The molecule has 0 aliphatic rings. The van der Waals surface area contributed by atoms with Crippen molar-refractivity contribution in [3.63, 3.8) is 0 Å².